The minimum absolute atomic E-state index is 0.0931. The molecule has 1 atom stereocenters. The maximum absolute atomic E-state index is 12.8. The van der Waals surface area contributed by atoms with E-state index in [4.69, 9.17) is 4.74 Å². The molecule has 0 aliphatic carbocycles. The molecule has 0 aromatic heterocycles. The average molecular weight is 433 g/mol. The summed E-state index contributed by atoms with van der Waals surface area (Å²) in [5.74, 6) is -0.761. The summed E-state index contributed by atoms with van der Waals surface area (Å²) in [4.78, 5) is 28.4. The number of anilines is 1. The molecule has 1 fully saturated rings. The summed E-state index contributed by atoms with van der Waals surface area (Å²) in [5.41, 5.74) is 0.478. The maximum Gasteiger partial charge on any atom is 0.502 e. The molecule has 2 aliphatic rings. The summed E-state index contributed by atoms with van der Waals surface area (Å²) in [5, 5.41) is 4.42. The summed E-state index contributed by atoms with van der Waals surface area (Å²) in [6.07, 6.45) is -5.14. The van der Waals surface area contributed by atoms with E-state index in [0.29, 0.717) is 25.3 Å². The van der Waals surface area contributed by atoms with Gasteiger partial charge in [0.2, 0.25) is 6.54 Å². The van der Waals surface area contributed by atoms with Gasteiger partial charge in [-0.05, 0) is 48.0 Å². The van der Waals surface area contributed by atoms with Crippen LogP contribution in [0.25, 0.3) is 0 Å². The summed E-state index contributed by atoms with van der Waals surface area (Å²) in [7, 11) is 0. The highest BCUT2D eigenvalue weighted by Crippen LogP contribution is 2.30. The van der Waals surface area contributed by atoms with Gasteiger partial charge in [0.15, 0.2) is 0 Å². The van der Waals surface area contributed by atoms with Crippen molar-refractivity contribution in [2.45, 2.75) is 25.9 Å². The number of ether oxygens (including phenoxy) is 1. The average Bonchev–Trinajstić information content (AvgIpc) is 3.16. The number of benzene rings is 2. The van der Waals surface area contributed by atoms with Crippen LogP contribution in [0.4, 0.5) is 18.9 Å². The van der Waals surface area contributed by atoms with Crippen LogP contribution in [0.1, 0.15) is 18.1 Å². The van der Waals surface area contributed by atoms with Gasteiger partial charge >= 0.3 is 18.0 Å². The molecule has 2 heterocycles. The second-order valence-corrected chi connectivity index (χ2v) is 7.14. The van der Waals surface area contributed by atoms with Gasteiger partial charge in [0, 0.05) is 29.5 Å². The minimum atomic E-state index is -4.44. The largest absolute Gasteiger partial charge is 0.502 e. The number of fused-ring (bicyclic) bond motifs is 1. The van der Waals surface area contributed by atoms with Crippen LogP contribution in [0, 0.1) is 0 Å². The lowest BCUT2D eigenvalue weighted by atomic mass is 10.1. The molecule has 2 aromatic carbocycles. The summed E-state index contributed by atoms with van der Waals surface area (Å²) >= 11 is 0. The third-order valence-corrected chi connectivity index (χ3v) is 5.15. The standard InChI is InChI=1S/C21H20F3N4O3/c1-2-31-17-9-7-16(8-10-17)26-11-12-27-18(29)19(30)28(25-20(26)27)13-14-3-5-15(6-4-14)21(22,23)24/h3-10,20H,2,11-13H2,1H3/q+1. The number of halogens is 3. The molecule has 2 aliphatic heterocycles. The molecule has 0 spiro atoms. The molecular formula is C21H20F3N4O3+. The lowest BCUT2D eigenvalue weighted by Gasteiger charge is -2.27. The molecular weight excluding hydrogens is 413 g/mol. The first-order valence-electron chi connectivity index (χ1n) is 9.77. The molecule has 2 aromatic rings. The fourth-order valence-corrected chi connectivity index (χ4v) is 3.60. The van der Waals surface area contributed by atoms with Gasteiger partial charge in [-0.1, -0.05) is 12.1 Å². The van der Waals surface area contributed by atoms with Crippen LogP contribution in [0.2, 0.25) is 0 Å². The van der Waals surface area contributed by atoms with Gasteiger partial charge < -0.3 is 9.64 Å². The zero-order valence-corrected chi connectivity index (χ0v) is 16.7. The molecule has 0 N–H and O–H groups in total. The van der Waals surface area contributed by atoms with Crippen LogP contribution in [-0.2, 0) is 22.3 Å². The molecule has 0 radical (unpaired) electrons. The monoisotopic (exact) mass is 433 g/mol. The first kappa shape index (κ1) is 20.8. The van der Waals surface area contributed by atoms with Crippen LogP contribution >= 0.6 is 0 Å². The lowest BCUT2D eigenvalue weighted by Crippen LogP contribution is -2.51. The Morgan fingerprint density at radius 1 is 1.03 bits per heavy atom. The maximum atomic E-state index is 12.8. The van der Waals surface area contributed by atoms with Crippen LogP contribution in [0.5, 0.6) is 5.75 Å². The van der Waals surface area contributed by atoms with Gasteiger partial charge in [0.1, 0.15) is 5.75 Å². The summed E-state index contributed by atoms with van der Waals surface area (Å²) in [6, 6.07) is 11.8. The van der Waals surface area contributed by atoms with Crippen molar-refractivity contribution < 1.29 is 32.2 Å². The highest BCUT2D eigenvalue weighted by atomic mass is 19.4. The van der Waals surface area contributed by atoms with Gasteiger partial charge in [0.05, 0.1) is 12.2 Å². The van der Waals surface area contributed by atoms with Crippen molar-refractivity contribution in [3.05, 3.63) is 59.7 Å². The molecule has 4 rings (SSSR count). The highest BCUT2D eigenvalue weighted by Gasteiger charge is 2.49. The Labute approximate surface area is 176 Å². The quantitative estimate of drug-likeness (QED) is 0.537. The van der Waals surface area contributed by atoms with Gasteiger partial charge in [-0.2, -0.15) is 13.2 Å². The summed E-state index contributed by atoms with van der Waals surface area (Å²) in [6.45, 7) is 3.19. The molecule has 162 valence electrons. The van der Waals surface area contributed by atoms with Crippen molar-refractivity contribution in [2.24, 2.45) is 5.11 Å². The van der Waals surface area contributed by atoms with E-state index in [1.165, 1.54) is 17.0 Å². The molecule has 0 saturated carbocycles. The first-order valence-corrected chi connectivity index (χ1v) is 9.77. The predicted molar refractivity (Wildman–Crippen MR) is 103 cm³/mol. The van der Waals surface area contributed by atoms with E-state index in [0.717, 1.165) is 28.3 Å². The molecule has 1 unspecified atom stereocenters. The van der Waals surface area contributed by atoms with Gasteiger partial charge in [0.25, 0.3) is 6.29 Å². The Balaban J connectivity index is 1.58. The van der Waals surface area contributed by atoms with Gasteiger partial charge in [-0.3, -0.25) is 9.69 Å². The number of nitrogens with zero attached hydrogens (tertiary/aromatic N) is 4. The van der Waals surface area contributed by atoms with Crippen LogP contribution < -0.4 is 9.64 Å². The Morgan fingerprint density at radius 2 is 1.68 bits per heavy atom. The molecule has 31 heavy (non-hydrogen) atoms. The van der Waals surface area contributed by atoms with E-state index in [2.05, 4.69) is 5.11 Å². The zero-order valence-electron chi connectivity index (χ0n) is 16.7. The molecule has 0 bridgehead atoms. The number of carbonyl (C=O) groups is 2. The molecule has 2 amide bonds. The molecule has 10 heteroatoms. The number of amides is 2. The Kier molecular flexibility index (Phi) is 5.38. The normalized spacial score (nSPS) is 18.8. The topological polar surface area (TPSA) is 65.2 Å². The number of rotatable bonds is 5. The van der Waals surface area contributed by atoms with E-state index in [-0.39, 0.29) is 6.54 Å². The van der Waals surface area contributed by atoms with E-state index in [9.17, 15) is 22.8 Å². The number of hydrogen-bond donors (Lipinski definition) is 0. The Bertz CT molecular complexity index is 1020. The third-order valence-electron chi connectivity index (χ3n) is 5.15. The predicted octanol–water partition coefficient (Wildman–Crippen LogP) is 3.24. The van der Waals surface area contributed by atoms with E-state index in [1.807, 2.05) is 36.1 Å². The van der Waals surface area contributed by atoms with Crippen molar-refractivity contribution in [3.63, 3.8) is 0 Å². The van der Waals surface area contributed by atoms with Crippen LogP contribution in [0.15, 0.2) is 53.6 Å². The Morgan fingerprint density at radius 3 is 2.29 bits per heavy atom. The highest BCUT2D eigenvalue weighted by molar-refractivity contribution is 6.31. The van der Waals surface area contributed by atoms with Crippen molar-refractivity contribution in [2.75, 3.05) is 24.6 Å². The van der Waals surface area contributed by atoms with Crippen LogP contribution in [-0.4, -0.2) is 47.4 Å². The zero-order chi connectivity index (χ0) is 22.2. The number of hydrogen-bond acceptors (Lipinski definition) is 5. The first-order chi connectivity index (χ1) is 14.8. The smallest absolute Gasteiger partial charge is 0.494 e. The van der Waals surface area contributed by atoms with Gasteiger partial charge in [-0.15, -0.1) is 0 Å². The van der Waals surface area contributed by atoms with Crippen LogP contribution in [0.3, 0.4) is 0 Å². The fourth-order valence-electron chi connectivity index (χ4n) is 3.60. The number of alkyl halides is 3. The summed E-state index contributed by atoms with van der Waals surface area (Å²) < 4.78 is 44.8. The SMILES string of the molecule is CCOc1ccc(N2CCN3C(=O)C(=O)[N+](Cc4ccc(C(F)(F)F)cc4)=NC32)cc1. The molecule has 1 saturated heterocycles. The number of carbonyl (C=O) groups excluding carboxylic acids is 2. The second kappa shape index (κ2) is 8.01. The fraction of sp³-hybridized carbons (Fsp3) is 0.333. The van der Waals surface area contributed by atoms with E-state index >= 15 is 0 Å². The second-order valence-electron chi connectivity index (χ2n) is 7.14. The number of azo groups is 2. The minimum Gasteiger partial charge on any atom is -0.494 e. The molecule has 7 nitrogen and oxygen atoms in total. The third kappa shape index (κ3) is 4.10. The van der Waals surface area contributed by atoms with Crippen molar-refractivity contribution in [1.82, 2.24) is 4.90 Å². The van der Waals surface area contributed by atoms with Crippen molar-refractivity contribution >= 4 is 17.5 Å². The van der Waals surface area contributed by atoms with E-state index in [1.54, 1.807) is 0 Å². The Hall–Kier alpha value is -3.43. The van der Waals surface area contributed by atoms with Crippen molar-refractivity contribution in [1.29, 1.82) is 0 Å². The van der Waals surface area contributed by atoms with E-state index < -0.39 is 29.8 Å². The lowest BCUT2D eigenvalue weighted by molar-refractivity contribution is -0.534. The van der Waals surface area contributed by atoms with Crippen molar-refractivity contribution in [3.8, 4) is 5.75 Å². The van der Waals surface area contributed by atoms with Gasteiger partial charge in [-0.25, -0.2) is 4.79 Å².